The lowest BCUT2D eigenvalue weighted by molar-refractivity contribution is -0.145. The molecule has 2 atom stereocenters. The molecule has 254 valence electrons. The van der Waals surface area contributed by atoms with Gasteiger partial charge in [-0.2, -0.15) is 0 Å². The zero-order valence-corrected chi connectivity index (χ0v) is 27.6. The second-order valence-electron chi connectivity index (χ2n) is 13.1. The monoisotopic (exact) mass is 644 g/mol. The van der Waals surface area contributed by atoms with Crippen molar-refractivity contribution in [2.75, 3.05) is 25.0 Å². The van der Waals surface area contributed by atoms with Gasteiger partial charge in [-0.1, -0.05) is 53.7 Å². The van der Waals surface area contributed by atoms with E-state index in [-0.39, 0.29) is 61.7 Å². The molecule has 13 heteroatoms. The summed E-state index contributed by atoms with van der Waals surface area (Å²) in [6.45, 7) is 11.0. The Morgan fingerprint density at radius 2 is 1.57 bits per heavy atom. The van der Waals surface area contributed by atoms with Gasteiger partial charge >= 0.3 is 12.1 Å². The molecule has 1 aromatic carbocycles. The summed E-state index contributed by atoms with van der Waals surface area (Å²) in [5, 5.41) is 17.0. The maximum Gasteiger partial charge on any atom is 0.407 e. The van der Waals surface area contributed by atoms with E-state index in [1.165, 1.54) is 0 Å². The second kappa shape index (κ2) is 17.4. The maximum absolute atomic E-state index is 13.1. The maximum atomic E-state index is 13.1. The lowest BCUT2D eigenvalue weighted by Crippen LogP contribution is -2.46. The second-order valence-corrected chi connectivity index (χ2v) is 13.1. The summed E-state index contributed by atoms with van der Waals surface area (Å²) in [5.41, 5.74) is 0.580. The van der Waals surface area contributed by atoms with E-state index in [1.807, 2.05) is 0 Å². The molecule has 0 saturated carbocycles. The third-order valence-corrected chi connectivity index (χ3v) is 7.87. The standard InChI is InChI=1S/C33H48N4O9/c1-20(2)29(36-27(40)11-12-28(41)37-15-13-23(14-16-37)31(43)44)25(38)17-21(3)30(42)35-24-9-7-22(8-10-24)19-46-32(45)34-18-26(39)33(4,5)6/h7-10,20-21,23,29H,11-19H2,1-6H3,(H,34,45)(H,35,42)(H,36,40)(H,43,44)/t21-,29+/m1/s1. The molecule has 1 aromatic rings. The lowest BCUT2D eigenvalue weighted by Gasteiger charge is -2.30. The third kappa shape index (κ3) is 12.6. The van der Waals surface area contributed by atoms with Crippen molar-refractivity contribution in [3.05, 3.63) is 29.8 Å². The van der Waals surface area contributed by atoms with Crippen molar-refractivity contribution < 1.29 is 43.4 Å². The Kier molecular flexibility index (Phi) is 14.3. The lowest BCUT2D eigenvalue weighted by atomic mass is 9.91. The van der Waals surface area contributed by atoms with Crippen LogP contribution in [-0.4, -0.2) is 77.0 Å². The van der Waals surface area contributed by atoms with Gasteiger partial charge in [-0.25, -0.2) is 4.79 Å². The summed E-state index contributed by atoms with van der Waals surface area (Å²) in [6, 6.07) is 5.79. The number of nitrogens with zero attached hydrogens (tertiary/aromatic N) is 1. The minimum Gasteiger partial charge on any atom is -0.481 e. The summed E-state index contributed by atoms with van der Waals surface area (Å²) >= 11 is 0. The van der Waals surface area contributed by atoms with Crippen molar-refractivity contribution in [1.29, 1.82) is 0 Å². The molecule has 0 bridgehead atoms. The van der Waals surface area contributed by atoms with Crippen LogP contribution in [0.4, 0.5) is 10.5 Å². The molecule has 0 unspecified atom stereocenters. The Labute approximate surface area is 270 Å². The fourth-order valence-electron chi connectivity index (χ4n) is 4.71. The first-order valence-electron chi connectivity index (χ1n) is 15.6. The van der Waals surface area contributed by atoms with E-state index < -0.39 is 41.3 Å². The molecule has 1 fully saturated rings. The number of Topliss-reactive ketones (excluding diaryl/α,β-unsaturated/α-hetero) is 2. The molecule has 46 heavy (non-hydrogen) atoms. The average Bonchev–Trinajstić information content (AvgIpc) is 3.00. The van der Waals surface area contributed by atoms with Crippen molar-refractivity contribution in [1.82, 2.24) is 15.5 Å². The Balaban J connectivity index is 1.78. The number of hydrogen-bond acceptors (Lipinski definition) is 8. The van der Waals surface area contributed by atoms with Gasteiger partial charge in [-0.05, 0) is 36.5 Å². The highest BCUT2D eigenvalue weighted by Gasteiger charge is 2.29. The Morgan fingerprint density at radius 1 is 0.957 bits per heavy atom. The van der Waals surface area contributed by atoms with Gasteiger partial charge in [0.2, 0.25) is 17.7 Å². The van der Waals surface area contributed by atoms with Crippen LogP contribution in [0.25, 0.3) is 0 Å². The highest BCUT2D eigenvalue weighted by molar-refractivity contribution is 5.97. The quantitative estimate of drug-likeness (QED) is 0.222. The zero-order chi connectivity index (χ0) is 34.6. The number of carbonyl (C=O) groups excluding carboxylic acids is 6. The molecule has 0 spiro atoms. The normalized spacial score (nSPS) is 15.0. The van der Waals surface area contributed by atoms with Gasteiger partial charge in [0.05, 0.1) is 18.5 Å². The van der Waals surface area contributed by atoms with Crippen LogP contribution >= 0.6 is 0 Å². The molecule has 0 aromatic heterocycles. The molecule has 4 amide bonds. The number of piperidine rings is 1. The van der Waals surface area contributed by atoms with Crippen LogP contribution in [0, 0.1) is 23.2 Å². The van der Waals surface area contributed by atoms with Crippen LogP contribution < -0.4 is 16.0 Å². The number of ether oxygens (including phenoxy) is 1. The number of amides is 4. The van der Waals surface area contributed by atoms with Crippen molar-refractivity contribution in [2.45, 2.75) is 86.3 Å². The number of rotatable bonds is 15. The van der Waals surface area contributed by atoms with Crippen molar-refractivity contribution in [3.63, 3.8) is 0 Å². The number of hydrogen-bond donors (Lipinski definition) is 4. The smallest absolute Gasteiger partial charge is 0.407 e. The predicted molar refractivity (Wildman–Crippen MR) is 169 cm³/mol. The highest BCUT2D eigenvalue weighted by atomic mass is 16.5. The largest absolute Gasteiger partial charge is 0.481 e. The van der Waals surface area contributed by atoms with Crippen LogP contribution in [0.1, 0.15) is 79.2 Å². The predicted octanol–water partition coefficient (Wildman–Crippen LogP) is 3.31. The van der Waals surface area contributed by atoms with Crippen molar-refractivity contribution >= 4 is 47.0 Å². The van der Waals surface area contributed by atoms with Gasteiger partial charge in [0.25, 0.3) is 0 Å². The minimum absolute atomic E-state index is 0.0311. The molecule has 2 rings (SSSR count). The number of alkyl carbamates (subject to hydrolysis) is 1. The SMILES string of the molecule is CC(C)[C@H](NC(=O)CCC(=O)N1CCC(C(=O)O)CC1)C(=O)C[C@@H](C)C(=O)Nc1ccc(COC(=O)NCC(=O)C(C)(C)C)cc1. The summed E-state index contributed by atoms with van der Waals surface area (Å²) in [5.74, 6) is -3.74. The van der Waals surface area contributed by atoms with Crippen LogP contribution in [-0.2, 0) is 40.1 Å². The molecule has 1 heterocycles. The van der Waals surface area contributed by atoms with Gasteiger partial charge in [0.15, 0.2) is 11.6 Å². The van der Waals surface area contributed by atoms with Gasteiger partial charge in [0.1, 0.15) is 6.61 Å². The number of carboxylic acids is 1. The van der Waals surface area contributed by atoms with Crippen molar-refractivity contribution in [2.24, 2.45) is 23.2 Å². The third-order valence-electron chi connectivity index (χ3n) is 7.87. The average molecular weight is 645 g/mol. The van der Waals surface area contributed by atoms with E-state index in [0.717, 1.165) is 0 Å². The van der Waals surface area contributed by atoms with Gasteiger partial charge in [-0.15, -0.1) is 0 Å². The number of benzene rings is 1. The number of anilines is 1. The zero-order valence-electron chi connectivity index (χ0n) is 27.6. The van der Waals surface area contributed by atoms with Gasteiger partial charge in [-0.3, -0.25) is 28.8 Å². The van der Waals surface area contributed by atoms with Crippen LogP contribution in [0.15, 0.2) is 24.3 Å². The summed E-state index contributed by atoms with van der Waals surface area (Å²) < 4.78 is 5.13. The first-order chi connectivity index (χ1) is 21.5. The highest BCUT2D eigenvalue weighted by Crippen LogP contribution is 2.19. The van der Waals surface area contributed by atoms with Crippen LogP contribution in [0.2, 0.25) is 0 Å². The summed E-state index contributed by atoms with van der Waals surface area (Å²) in [6.07, 6.45) is -0.207. The van der Waals surface area contributed by atoms with Crippen molar-refractivity contribution in [3.8, 4) is 0 Å². The topological polar surface area (TPSA) is 188 Å². The fraction of sp³-hybridized carbons (Fsp3) is 0.606. The summed E-state index contributed by atoms with van der Waals surface area (Å²) in [4.78, 5) is 87.5. The van der Waals surface area contributed by atoms with E-state index in [9.17, 15) is 33.6 Å². The molecular weight excluding hydrogens is 596 g/mol. The first-order valence-corrected chi connectivity index (χ1v) is 15.6. The molecule has 1 aliphatic heterocycles. The van der Waals surface area contributed by atoms with E-state index in [0.29, 0.717) is 37.2 Å². The molecule has 13 nitrogen and oxygen atoms in total. The first kappa shape index (κ1) is 37.9. The number of aliphatic carboxylic acids is 1. The van der Waals surface area contributed by atoms with E-state index in [4.69, 9.17) is 9.84 Å². The van der Waals surface area contributed by atoms with E-state index in [2.05, 4.69) is 16.0 Å². The van der Waals surface area contributed by atoms with Crippen LogP contribution in [0.3, 0.4) is 0 Å². The fourth-order valence-corrected chi connectivity index (χ4v) is 4.71. The van der Waals surface area contributed by atoms with Crippen LogP contribution in [0.5, 0.6) is 0 Å². The van der Waals surface area contributed by atoms with Gasteiger partial charge in [0, 0.05) is 49.4 Å². The number of likely N-dealkylation sites (tertiary alicyclic amines) is 1. The number of carboxylic acid groups (broad SMARTS) is 1. The van der Waals surface area contributed by atoms with Gasteiger partial charge < -0.3 is 30.7 Å². The number of nitrogens with one attached hydrogen (secondary N) is 3. The Bertz CT molecular complexity index is 1260. The van der Waals surface area contributed by atoms with E-state index in [1.54, 1.807) is 70.7 Å². The molecule has 4 N–H and O–H groups in total. The molecule has 1 aliphatic rings. The molecule has 0 aliphatic carbocycles. The molecule has 1 saturated heterocycles. The number of carbonyl (C=O) groups is 7. The molecular formula is C33H48N4O9. The Hall–Kier alpha value is -4.29. The van der Waals surface area contributed by atoms with E-state index >= 15 is 0 Å². The summed E-state index contributed by atoms with van der Waals surface area (Å²) in [7, 11) is 0. The Morgan fingerprint density at radius 3 is 2.11 bits per heavy atom. The number of ketones is 2. The minimum atomic E-state index is -0.866. The molecule has 0 radical (unpaired) electrons.